The zero-order valence-corrected chi connectivity index (χ0v) is 25.4. The van der Waals surface area contributed by atoms with Crippen LogP contribution >= 0.6 is 0 Å². The standard InChI is InChI=1S/C29H32F7N3O5S/c1-19(2)44-27(28(31,32)33,29(34,35)36)22-6-4-21(5-7-22)26(45(42,43)24-10-8-23(30)9-11-24)12-13-39(18-26)25(41)38-16-14-37(15-17-38)20(3)40/h4-11,19H,12-18H2,1-3H3/t26-/m0/s1. The summed E-state index contributed by atoms with van der Waals surface area (Å²) in [5, 5.41) is 0. The highest BCUT2D eigenvalue weighted by atomic mass is 32.2. The first-order chi connectivity index (χ1) is 20.8. The minimum absolute atomic E-state index is 0.112. The van der Waals surface area contributed by atoms with E-state index in [1.54, 1.807) is 4.90 Å². The van der Waals surface area contributed by atoms with Crippen LogP contribution in [0.4, 0.5) is 35.5 Å². The van der Waals surface area contributed by atoms with Crippen molar-refractivity contribution in [2.75, 3.05) is 39.3 Å². The number of alkyl halides is 6. The lowest BCUT2D eigenvalue weighted by atomic mass is 9.88. The first kappa shape index (κ1) is 34.5. The molecule has 8 nitrogen and oxygen atoms in total. The summed E-state index contributed by atoms with van der Waals surface area (Å²) in [5.41, 5.74) is -6.16. The number of carbonyl (C=O) groups excluding carboxylic acids is 2. The minimum atomic E-state index is -5.93. The molecular formula is C29H32F7N3O5S. The smallest absolute Gasteiger partial charge is 0.351 e. The molecule has 45 heavy (non-hydrogen) atoms. The van der Waals surface area contributed by atoms with Crippen molar-refractivity contribution in [2.24, 2.45) is 0 Å². The van der Waals surface area contributed by atoms with Gasteiger partial charge in [0.2, 0.25) is 5.91 Å². The first-order valence-corrected chi connectivity index (χ1v) is 15.5. The summed E-state index contributed by atoms with van der Waals surface area (Å²) in [6.45, 7) is 3.71. The quantitative estimate of drug-likeness (QED) is 0.311. The summed E-state index contributed by atoms with van der Waals surface area (Å²) in [4.78, 5) is 29.0. The molecule has 0 N–H and O–H groups in total. The minimum Gasteiger partial charge on any atom is -0.351 e. The summed E-state index contributed by atoms with van der Waals surface area (Å²) < 4.78 is 130. The SMILES string of the molecule is CC(=O)N1CCN(C(=O)N2CC[C@](c3ccc(C(OC(C)C)(C(F)(F)F)C(F)(F)F)cc3)(S(=O)(=O)c3ccc(F)cc3)C2)CC1. The number of urea groups is 1. The van der Waals surface area contributed by atoms with Crippen LogP contribution in [0.2, 0.25) is 0 Å². The Kier molecular flexibility index (Phi) is 9.25. The maximum absolute atomic E-state index is 14.2. The van der Waals surface area contributed by atoms with E-state index in [1.807, 2.05) is 0 Å². The maximum atomic E-state index is 14.2. The van der Waals surface area contributed by atoms with Gasteiger partial charge in [-0.3, -0.25) is 4.79 Å². The van der Waals surface area contributed by atoms with Gasteiger partial charge in [0.05, 0.1) is 11.0 Å². The Labute approximate surface area is 255 Å². The van der Waals surface area contributed by atoms with Gasteiger partial charge in [-0.2, -0.15) is 26.3 Å². The number of rotatable bonds is 6. The maximum Gasteiger partial charge on any atom is 0.430 e. The second-order valence-corrected chi connectivity index (χ2v) is 13.6. The number of halogens is 7. The molecule has 16 heteroatoms. The Morgan fingerprint density at radius 3 is 1.78 bits per heavy atom. The molecule has 2 aliphatic heterocycles. The topological polar surface area (TPSA) is 87.2 Å². The van der Waals surface area contributed by atoms with Crippen molar-refractivity contribution in [3.8, 4) is 0 Å². The van der Waals surface area contributed by atoms with Crippen LogP contribution in [0.5, 0.6) is 0 Å². The van der Waals surface area contributed by atoms with Gasteiger partial charge < -0.3 is 19.4 Å². The number of likely N-dealkylation sites (tertiary alicyclic amines) is 1. The number of hydrogen-bond acceptors (Lipinski definition) is 5. The second kappa shape index (κ2) is 12.1. The predicted molar refractivity (Wildman–Crippen MR) is 147 cm³/mol. The van der Waals surface area contributed by atoms with Gasteiger partial charge in [0, 0.05) is 51.8 Å². The lowest BCUT2D eigenvalue weighted by Crippen LogP contribution is -2.57. The molecule has 248 valence electrons. The van der Waals surface area contributed by atoms with Crippen LogP contribution in [-0.4, -0.2) is 92.8 Å². The number of nitrogens with zero attached hydrogens (tertiary/aromatic N) is 3. The molecule has 1 atom stereocenters. The van der Waals surface area contributed by atoms with Crippen LogP contribution in [-0.2, 0) is 29.7 Å². The van der Waals surface area contributed by atoms with E-state index in [-0.39, 0.29) is 55.5 Å². The molecule has 0 aliphatic carbocycles. The molecule has 0 bridgehead atoms. The van der Waals surface area contributed by atoms with E-state index in [9.17, 15) is 48.7 Å². The molecule has 4 rings (SSSR count). The van der Waals surface area contributed by atoms with E-state index >= 15 is 0 Å². The Balaban J connectivity index is 1.78. The highest BCUT2D eigenvalue weighted by molar-refractivity contribution is 7.92. The summed E-state index contributed by atoms with van der Waals surface area (Å²) in [5.74, 6) is -0.906. The van der Waals surface area contributed by atoms with E-state index in [1.165, 1.54) is 16.7 Å². The first-order valence-electron chi connectivity index (χ1n) is 14.0. The zero-order chi connectivity index (χ0) is 33.6. The van der Waals surface area contributed by atoms with Crippen molar-refractivity contribution in [3.63, 3.8) is 0 Å². The summed E-state index contributed by atoms with van der Waals surface area (Å²) in [7, 11) is -4.52. The normalized spacial score (nSPS) is 20.2. The molecule has 2 aromatic carbocycles. The largest absolute Gasteiger partial charge is 0.430 e. The number of carbonyl (C=O) groups is 2. The fourth-order valence-electron chi connectivity index (χ4n) is 5.86. The molecule has 3 amide bonds. The molecule has 2 aromatic rings. The van der Waals surface area contributed by atoms with E-state index in [2.05, 4.69) is 4.74 Å². The number of piperazine rings is 1. The predicted octanol–water partition coefficient (Wildman–Crippen LogP) is 5.23. The molecular weight excluding hydrogens is 635 g/mol. The third kappa shape index (κ3) is 6.10. The number of hydrogen-bond donors (Lipinski definition) is 0. The number of benzene rings is 2. The van der Waals surface area contributed by atoms with Crippen LogP contribution < -0.4 is 0 Å². The lowest BCUT2D eigenvalue weighted by Gasteiger charge is -2.39. The van der Waals surface area contributed by atoms with E-state index in [4.69, 9.17) is 0 Å². The molecule has 0 radical (unpaired) electrons. The molecule has 0 saturated carbocycles. The van der Waals surface area contributed by atoms with Crippen molar-refractivity contribution >= 4 is 21.8 Å². The number of ether oxygens (including phenoxy) is 1. The average molecular weight is 668 g/mol. The summed E-state index contributed by atoms with van der Waals surface area (Å²) in [6.07, 6.45) is -13.6. The van der Waals surface area contributed by atoms with Gasteiger partial charge in [0.25, 0.3) is 5.60 Å². The van der Waals surface area contributed by atoms with Gasteiger partial charge >= 0.3 is 18.4 Å². The van der Waals surface area contributed by atoms with Gasteiger partial charge in [0.15, 0.2) is 9.84 Å². The molecule has 2 fully saturated rings. The van der Waals surface area contributed by atoms with E-state index < -0.39 is 62.6 Å². The third-order valence-electron chi connectivity index (χ3n) is 8.16. The van der Waals surface area contributed by atoms with Gasteiger partial charge in [-0.15, -0.1) is 0 Å². The summed E-state index contributed by atoms with van der Waals surface area (Å²) >= 11 is 0. The summed E-state index contributed by atoms with van der Waals surface area (Å²) in [6, 6.07) is 6.07. The Hall–Kier alpha value is -3.40. The molecule has 2 aliphatic rings. The highest BCUT2D eigenvalue weighted by Crippen LogP contribution is 2.54. The van der Waals surface area contributed by atoms with Crippen molar-refractivity contribution in [2.45, 2.75) is 60.9 Å². The fourth-order valence-corrected chi connectivity index (χ4v) is 7.94. The van der Waals surface area contributed by atoms with E-state index in [0.717, 1.165) is 50.2 Å². The number of amides is 3. The second-order valence-electron chi connectivity index (χ2n) is 11.3. The van der Waals surface area contributed by atoms with Crippen molar-refractivity contribution in [1.82, 2.24) is 14.7 Å². The molecule has 0 spiro atoms. The van der Waals surface area contributed by atoms with Crippen molar-refractivity contribution in [1.29, 1.82) is 0 Å². The Morgan fingerprint density at radius 2 is 1.31 bits per heavy atom. The highest BCUT2D eigenvalue weighted by Gasteiger charge is 2.73. The van der Waals surface area contributed by atoms with Crippen molar-refractivity contribution < 1.29 is 53.5 Å². The Morgan fingerprint density at radius 1 is 0.800 bits per heavy atom. The van der Waals surface area contributed by atoms with Gasteiger partial charge in [-0.1, -0.05) is 24.3 Å². The van der Waals surface area contributed by atoms with Crippen LogP contribution in [0.15, 0.2) is 53.4 Å². The van der Waals surface area contributed by atoms with Crippen LogP contribution in [0, 0.1) is 5.82 Å². The van der Waals surface area contributed by atoms with E-state index in [0.29, 0.717) is 12.1 Å². The molecule has 2 heterocycles. The fraction of sp³-hybridized carbons (Fsp3) is 0.517. The Bertz CT molecular complexity index is 1490. The molecule has 0 unspecified atom stereocenters. The van der Waals surface area contributed by atoms with Gasteiger partial charge in [-0.05, 0) is 50.1 Å². The average Bonchev–Trinajstić information content (AvgIpc) is 3.42. The zero-order valence-electron chi connectivity index (χ0n) is 24.6. The number of sulfone groups is 1. The lowest BCUT2D eigenvalue weighted by molar-refractivity contribution is -0.396. The monoisotopic (exact) mass is 667 g/mol. The van der Waals surface area contributed by atoms with Crippen molar-refractivity contribution in [3.05, 3.63) is 65.5 Å². The third-order valence-corrected chi connectivity index (χ3v) is 10.7. The molecule has 0 aromatic heterocycles. The molecule has 2 saturated heterocycles. The van der Waals surface area contributed by atoms with Crippen LogP contribution in [0.3, 0.4) is 0 Å². The van der Waals surface area contributed by atoms with Crippen LogP contribution in [0.25, 0.3) is 0 Å². The van der Waals surface area contributed by atoms with Crippen LogP contribution in [0.1, 0.15) is 38.3 Å². The van der Waals surface area contributed by atoms with Gasteiger partial charge in [-0.25, -0.2) is 17.6 Å². The van der Waals surface area contributed by atoms with Gasteiger partial charge in [0.1, 0.15) is 10.6 Å².